The first kappa shape index (κ1) is 16.9. The lowest BCUT2D eigenvalue weighted by Crippen LogP contribution is -2.43. The Morgan fingerprint density at radius 3 is 2.77 bits per heavy atom. The molecule has 1 saturated carbocycles. The first-order valence-corrected chi connectivity index (χ1v) is 9.73. The van der Waals surface area contributed by atoms with Crippen LogP contribution in [0.3, 0.4) is 0 Å². The van der Waals surface area contributed by atoms with E-state index in [-0.39, 0.29) is 11.5 Å². The van der Waals surface area contributed by atoms with Gasteiger partial charge in [-0.05, 0) is 36.4 Å². The molecule has 0 atom stereocenters. The van der Waals surface area contributed by atoms with Crippen molar-refractivity contribution in [1.29, 1.82) is 0 Å². The quantitative estimate of drug-likeness (QED) is 0.751. The van der Waals surface area contributed by atoms with Crippen LogP contribution in [0.1, 0.15) is 30.6 Å². The van der Waals surface area contributed by atoms with E-state index in [0.29, 0.717) is 24.0 Å². The van der Waals surface area contributed by atoms with Crippen LogP contribution in [0.5, 0.6) is 0 Å². The summed E-state index contributed by atoms with van der Waals surface area (Å²) in [6.07, 6.45) is 3.91. The summed E-state index contributed by atoms with van der Waals surface area (Å²) in [6, 6.07) is 11.2. The van der Waals surface area contributed by atoms with Crippen LogP contribution in [0.15, 0.2) is 46.6 Å². The Balaban J connectivity index is 1.47. The lowest BCUT2D eigenvalue weighted by Gasteiger charge is -2.26. The van der Waals surface area contributed by atoms with Crippen LogP contribution in [0, 0.1) is 0 Å². The van der Waals surface area contributed by atoms with Gasteiger partial charge in [0.1, 0.15) is 5.52 Å². The summed E-state index contributed by atoms with van der Waals surface area (Å²) in [5.41, 5.74) is -0.00662. The van der Waals surface area contributed by atoms with Crippen molar-refractivity contribution in [2.45, 2.75) is 37.6 Å². The number of nitrogens with zero attached hydrogens (tertiary/aromatic N) is 3. The SMILES string of the molecule is O=C(NCCn1nnc2ccccc2c1=O)C1(c2cccs2)CCCC1. The Morgan fingerprint density at radius 1 is 1.19 bits per heavy atom. The number of hydrogen-bond acceptors (Lipinski definition) is 5. The van der Waals surface area contributed by atoms with Crippen LogP contribution in [-0.4, -0.2) is 27.4 Å². The largest absolute Gasteiger partial charge is 0.353 e. The Bertz CT molecular complexity index is 975. The smallest absolute Gasteiger partial charge is 0.277 e. The summed E-state index contributed by atoms with van der Waals surface area (Å²) >= 11 is 1.64. The number of fused-ring (bicyclic) bond motifs is 1. The van der Waals surface area contributed by atoms with Crippen LogP contribution in [-0.2, 0) is 16.8 Å². The number of nitrogens with one attached hydrogen (secondary N) is 1. The van der Waals surface area contributed by atoms with Crippen LogP contribution < -0.4 is 10.9 Å². The molecule has 1 fully saturated rings. The average molecular weight is 368 g/mol. The fourth-order valence-electron chi connectivity index (χ4n) is 3.73. The van der Waals surface area contributed by atoms with E-state index >= 15 is 0 Å². The monoisotopic (exact) mass is 368 g/mol. The zero-order valence-corrected chi connectivity index (χ0v) is 15.2. The second-order valence-corrected chi connectivity index (χ2v) is 7.60. The molecular weight excluding hydrogens is 348 g/mol. The minimum Gasteiger partial charge on any atom is -0.353 e. The molecule has 1 aromatic carbocycles. The molecule has 0 bridgehead atoms. The van der Waals surface area contributed by atoms with Crippen molar-refractivity contribution in [3.8, 4) is 0 Å². The molecule has 0 aliphatic heterocycles. The highest BCUT2D eigenvalue weighted by Gasteiger charge is 2.43. The average Bonchev–Trinajstić information content (AvgIpc) is 3.36. The van der Waals surface area contributed by atoms with Crippen LogP contribution in [0.4, 0.5) is 0 Å². The van der Waals surface area contributed by atoms with Gasteiger partial charge in [-0.15, -0.1) is 16.4 Å². The zero-order chi connectivity index (χ0) is 18.0. The van der Waals surface area contributed by atoms with E-state index in [9.17, 15) is 9.59 Å². The number of amides is 1. The second-order valence-electron chi connectivity index (χ2n) is 6.66. The second kappa shape index (κ2) is 6.99. The highest BCUT2D eigenvalue weighted by Crippen LogP contribution is 2.43. The predicted octanol–water partition coefficient (Wildman–Crippen LogP) is 2.48. The van der Waals surface area contributed by atoms with Gasteiger partial charge in [0.15, 0.2) is 0 Å². The van der Waals surface area contributed by atoms with Crippen LogP contribution in [0.25, 0.3) is 10.9 Å². The maximum Gasteiger partial charge on any atom is 0.277 e. The minimum absolute atomic E-state index is 0.0549. The number of benzene rings is 1. The summed E-state index contributed by atoms with van der Waals surface area (Å²) in [4.78, 5) is 26.5. The van der Waals surface area contributed by atoms with Crippen LogP contribution in [0.2, 0.25) is 0 Å². The Hall–Kier alpha value is -2.54. The van der Waals surface area contributed by atoms with Gasteiger partial charge in [-0.25, -0.2) is 4.68 Å². The van der Waals surface area contributed by atoms with Crippen molar-refractivity contribution in [2.75, 3.05) is 6.54 Å². The Morgan fingerprint density at radius 2 is 2.00 bits per heavy atom. The maximum absolute atomic E-state index is 12.9. The zero-order valence-electron chi connectivity index (χ0n) is 14.4. The first-order valence-electron chi connectivity index (χ1n) is 8.85. The molecular formula is C19H20N4O2S. The molecule has 1 aliphatic carbocycles. The summed E-state index contributed by atoms with van der Waals surface area (Å²) in [7, 11) is 0. The first-order chi connectivity index (χ1) is 12.7. The van der Waals surface area contributed by atoms with Crippen molar-refractivity contribution in [3.63, 3.8) is 0 Å². The maximum atomic E-state index is 12.9. The third kappa shape index (κ3) is 2.92. The fraction of sp³-hybridized carbons (Fsp3) is 0.368. The van der Waals surface area contributed by atoms with Gasteiger partial charge in [0, 0.05) is 11.4 Å². The van der Waals surface area contributed by atoms with Gasteiger partial charge in [-0.3, -0.25) is 9.59 Å². The summed E-state index contributed by atoms with van der Waals surface area (Å²) < 4.78 is 1.31. The van der Waals surface area contributed by atoms with E-state index in [2.05, 4.69) is 21.7 Å². The lowest BCUT2D eigenvalue weighted by atomic mass is 9.83. The van der Waals surface area contributed by atoms with Crippen molar-refractivity contribution in [2.24, 2.45) is 0 Å². The number of carbonyl (C=O) groups is 1. The topological polar surface area (TPSA) is 76.9 Å². The van der Waals surface area contributed by atoms with Gasteiger partial charge in [0.2, 0.25) is 5.91 Å². The van der Waals surface area contributed by atoms with Crippen molar-refractivity contribution in [1.82, 2.24) is 20.3 Å². The molecule has 3 aromatic rings. The van der Waals surface area contributed by atoms with Gasteiger partial charge >= 0.3 is 0 Å². The number of aromatic nitrogens is 3. The van der Waals surface area contributed by atoms with Crippen molar-refractivity contribution < 1.29 is 4.79 Å². The predicted molar refractivity (Wildman–Crippen MR) is 101 cm³/mol. The number of hydrogen-bond donors (Lipinski definition) is 1. The Kier molecular flexibility index (Phi) is 4.55. The standard InChI is InChI=1S/C19H20N4O2S/c24-17-14-6-1-2-7-15(14)21-22-23(17)12-11-20-18(25)19(9-3-4-10-19)16-8-5-13-26-16/h1-2,5-8,13H,3-4,9-12H2,(H,20,25). The molecule has 134 valence electrons. The molecule has 7 heteroatoms. The molecule has 1 amide bonds. The van der Waals surface area contributed by atoms with E-state index in [0.717, 1.165) is 30.6 Å². The third-order valence-corrected chi connectivity index (χ3v) is 6.20. The molecule has 0 spiro atoms. The molecule has 2 aromatic heterocycles. The normalized spacial score (nSPS) is 16.0. The van der Waals surface area contributed by atoms with E-state index < -0.39 is 5.41 Å². The minimum atomic E-state index is -0.409. The molecule has 1 aliphatic rings. The van der Waals surface area contributed by atoms with E-state index in [1.807, 2.05) is 23.6 Å². The van der Waals surface area contributed by atoms with Gasteiger partial charge in [0.05, 0.1) is 17.3 Å². The molecule has 6 nitrogen and oxygen atoms in total. The van der Waals surface area contributed by atoms with Crippen molar-refractivity contribution in [3.05, 3.63) is 57.0 Å². The highest BCUT2D eigenvalue weighted by atomic mass is 32.1. The molecule has 0 saturated heterocycles. The van der Waals surface area contributed by atoms with Gasteiger partial charge in [-0.2, -0.15) is 0 Å². The Labute approximate surface area is 154 Å². The van der Waals surface area contributed by atoms with Gasteiger partial charge in [-0.1, -0.05) is 36.3 Å². The number of thiophene rings is 1. The lowest BCUT2D eigenvalue weighted by molar-refractivity contribution is -0.126. The molecule has 0 radical (unpaired) electrons. The summed E-state index contributed by atoms with van der Waals surface area (Å²) in [6.45, 7) is 0.668. The van der Waals surface area contributed by atoms with Crippen LogP contribution >= 0.6 is 11.3 Å². The van der Waals surface area contributed by atoms with Gasteiger partial charge < -0.3 is 5.32 Å². The summed E-state index contributed by atoms with van der Waals surface area (Å²) in [5.74, 6) is 0.0549. The highest BCUT2D eigenvalue weighted by molar-refractivity contribution is 7.10. The van der Waals surface area contributed by atoms with Gasteiger partial charge in [0.25, 0.3) is 5.56 Å². The molecule has 0 unspecified atom stereocenters. The van der Waals surface area contributed by atoms with E-state index in [4.69, 9.17) is 0 Å². The fourth-order valence-corrected chi connectivity index (χ4v) is 4.71. The molecule has 4 rings (SSSR count). The molecule has 26 heavy (non-hydrogen) atoms. The van der Waals surface area contributed by atoms with Crippen molar-refractivity contribution >= 4 is 28.1 Å². The molecule has 1 N–H and O–H groups in total. The molecule has 2 heterocycles. The third-order valence-electron chi connectivity index (χ3n) is 5.12. The van der Waals surface area contributed by atoms with E-state index in [1.54, 1.807) is 23.5 Å². The summed E-state index contributed by atoms with van der Waals surface area (Å²) in [5, 5.41) is 13.6. The number of rotatable bonds is 5. The van der Waals surface area contributed by atoms with E-state index in [1.165, 1.54) is 4.68 Å². The number of carbonyl (C=O) groups excluding carboxylic acids is 1.